The summed E-state index contributed by atoms with van der Waals surface area (Å²) in [7, 11) is 0. The summed E-state index contributed by atoms with van der Waals surface area (Å²) >= 11 is 7.06. The summed E-state index contributed by atoms with van der Waals surface area (Å²) in [6.45, 7) is 2.39. The standard InChI is InChI=1S/C16H20Br2O3/c17-11-12-9-13(1-2-15(12)18)21-14-3-6-20-16(10-14)4-7-19-8-5-16/h1-2,9,14H,3-8,10-11H2. The first kappa shape index (κ1) is 15.8. The van der Waals surface area contributed by atoms with E-state index in [0.717, 1.165) is 61.1 Å². The van der Waals surface area contributed by atoms with Crippen LogP contribution in [0.15, 0.2) is 22.7 Å². The zero-order chi connectivity index (χ0) is 14.7. The van der Waals surface area contributed by atoms with E-state index in [2.05, 4.69) is 44.0 Å². The maximum atomic E-state index is 6.22. The van der Waals surface area contributed by atoms with E-state index in [1.807, 2.05) is 6.07 Å². The molecule has 3 rings (SSSR count). The van der Waals surface area contributed by atoms with E-state index in [0.29, 0.717) is 0 Å². The molecule has 0 amide bonds. The topological polar surface area (TPSA) is 27.7 Å². The number of ether oxygens (including phenoxy) is 3. The van der Waals surface area contributed by atoms with Crippen molar-refractivity contribution in [2.24, 2.45) is 0 Å². The van der Waals surface area contributed by atoms with Gasteiger partial charge in [0.1, 0.15) is 11.9 Å². The summed E-state index contributed by atoms with van der Waals surface area (Å²) in [5, 5.41) is 0.819. The molecular weight excluding hydrogens is 400 g/mol. The van der Waals surface area contributed by atoms with Crippen LogP contribution >= 0.6 is 31.9 Å². The highest BCUT2D eigenvalue weighted by molar-refractivity contribution is 9.10. The van der Waals surface area contributed by atoms with Crippen LogP contribution in [0.2, 0.25) is 0 Å². The SMILES string of the molecule is BrCc1cc(OC2CCOC3(CCOCC3)C2)ccc1Br. The molecule has 0 saturated carbocycles. The normalized spacial score (nSPS) is 25.0. The molecule has 0 aromatic heterocycles. The molecule has 1 spiro atoms. The molecule has 0 N–H and O–H groups in total. The van der Waals surface area contributed by atoms with Crippen molar-refractivity contribution < 1.29 is 14.2 Å². The Balaban J connectivity index is 1.67. The van der Waals surface area contributed by atoms with E-state index in [1.165, 1.54) is 5.56 Å². The van der Waals surface area contributed by atoms with Gasteiger partial charge in [-0.05, 0) is 36.6 Å². The molecule has 21 heavy (non-hydrogen) atoms. The number of halogens is 2. The predicted octanol–water partition coefficient (Wildman–Crippen LogP) is 4.45. The van der Waals surface area contributed by atoms with Gasteiger partial charge in [-0.3, -0.25) is 0 Å². The van der Waals surface area contributed by atoms with Crippen molar-refractivity contribution in [1.82, 2.24) is 0 Å². The van der Waals surface area contributed by atoms with Crippen LogP contribution in [0.4, 0.5) is 0 Å². The van der Waals surface area contributed by atoms with E-state index >= 15 is 0 Å². The molecular formula is C16H20Br2O3. The fourth-order valence-electron chi connectivity index (χ4n) is 3.09. The molecule has 2 aliphatic heterocycles. The molecule has 2 aliphatic rings. The van der Waals surface area contributed by atoms with E-state index < -0.39 is 0 Å². The minimum absolute atomic E-state index is 0.0191. The van der Waals surface area contributed by atoms with Gasteiger partial charge in [-0.15, -0.1) is 0 Å². The monoisotopic (exact) mass is 418 g/mol. The van der Waals surface area contributed by atoms with Gasteiger partial charge in [0.15, 0.2) is 0 Å². The summed E-state index contributed by atoms with van der Waals surface area (Å²) in [6.07, 6.45) is 4.14. The van der Waals surface area contributed by atoms with Crippen molar-refractivity contribution in [1.29, 1.82) is 0 Å². The van der Waals surface area contributed by atoms with Crippen molar-refractivity contribution >= 4 is 31.9 Å². The first-order chi connectivity index (χ1) is 10.2. The number of hydrogen-bond acceptors (Lipinski definition) is 3. The van der Waals surface area contributed by atoms with Gasteiger partial charge >= 0.3 is 0 Å². The maximum absolute atomic E-state index is 6.22. The number of hydrogen-bond donors (Lipinski definition) is 0. The van der Waals surface area contributed by atoms with Crippen LogP contribution in [0.1, 0.15) is 31.2 Å². The van der Waals surface area contributed by atoms with E-state index in [9.17, 15) is 0 Å². The van der Waals surface area contributed by atoms with Crippen LogP contribution in [0.25, 0.3) is 0 Å². The third-order valence-electron chi connectivity index (χ3n) is 4.32. The lowest BCUT2D eigenvalue weighted by molar-refractivity contribution is -0.155. The fraction of sp³-hybridized carbons (Fsp3) is 0.625. The van der Waals surface area contributed by atoms with Gasteiger partial charge in [-0.25, -0.2) is 0 Å². The molecule has 2 saturated heterocycles. The lowest BCUT2D eigenvalue weighted by Gasteiger charge is -2.43. The summed E-state index contributed by atoms with van der Waals surface area (Å²) in [4.78, 5) is 0. The van der Waals surface area contributed by atoms with Crippen LogP contribution in [0.3, 0.4) is 0 Å². The predicted molar refractivity (Wildman–Crippen MR) is 89.2 cm³/mol. The van der Waals surface area contributed by atoms with Gasteiger partial charge in [0.25, 0.3) is 0 Å². The Bertz CT molecular complexity index is 481. The molecule has 0 aliphatic carbocycles. The molecule has 0 bridgehead atoms. The molecule has 5 heteroatoms. The van der Waals surface area contributed by atoms with Crippen LogP contribution in [-0.2, 0) is 14.8 Å². The Morgan fingerprint density at radius 3 is 2.81 bits per heavy atom. The summed E-state index contributed by atoms with van der Waals surface area (Å²) in [6, 6.07) is 6.18. The van der Waals surface area contributed by atoms with Crippen LogP contribution in [-0.4, -0.2) is 31.5 Å². The van der Waals surface area contributed by atoms with Crippen molar-refractivity contribution in [2.75, 3.05) is 19.8 Å². The minimum atomic E-state index is -0.0191. The highest BCUT2D eigenvalue weighted by Crippen LogP contribution is 2.36. The zero-order valence-corrected chi connectivity index (χ0v) is 15.1. The molecule has 1 aromatic rings. The average molecular weight is 420 g/mol. The van der Waals surface area contributed by atoms with Crippen molar-refractivity contribution in [3.05, 3.63) is 28.2 Å². The second kappa shape index (κ2) is 6.99. The maximum Gasteiger partial charge on any atom is 0.120 e. The zero-order valence-electron chi connectivity index (χ0n) is 11.9. The van der Waals surface area contributed by atoms with E-state index in [1.54, 1.807) is 0 Å². The highest BCUT2D eigenvalue weighted by atomic mass is 79.9. The van der Waals surface area contributed by atoms with Gasteiger partial charge in [0.2, 0.25) is 0 Å². The first-order valence-electron chi connectivity index (χ1n) is 7.43. The second-order valence-electron chi connectivity index (χ2n) is 5.76. The van der Waals surface area contributed by atoms with Crippen LogP contribution in [0.5, 0.6) is 5.75 Å². The highest BCUT2D eigenvalue weighted by Gasteiger charge is 2.39. The molecule has 1 atom stereocenters. The molecule has 3 nitrogen and oxygen atoms in total. The molecule has 2 heterocycles. The number of rotatable bonds is 3. The minimum Gasteiger partial charge on any atom is -0.490 e. The molecule has 2 fully saturated rings. The van der Waals surface area contributed by atoms with Gasteiger partial charge in [-0.1, -0.05) is 31.9 Å². The van der Waals surface area contributed by atoms with Gasteiger partial charge in [-0.2, -0.15) is 0 Å². The van der Waals surface area contributed by atoms with Crippen molar-refractivity contribution in [2.45, 2.75) is 42.7 Å². The molecule has 116 valence electrons. The Kier molecular flexibility index (Phi) is 5.25. The summed E-state index contributed by atoms with van der Waals surface area (Å²) in [5.74, 6) is 0.946. The lowest BCUT2D eigenvalue weighted by Crippen LogP contribution is -2.47. The second-order valence-corrected chi connectivity index (χ2v) is 7.18. The third kappa shape index (κ3) is 3.81. The smallest absolute Gasteiger partial charge is 0.120 e. The molecule has 0 radical (unpaired) electrons. The van der Waals surface area contributed by atoms with E-state index in [4.69, 9.17) is 14.2 Å². The van der Waals surface area contributed by atoms with Gasteiger partial charge < -0.3 is 14.2 Å². The Morgan fingerprint density at radius 2 is 2.05 bits per heavy atom. The molecule has 1 unspecified atom stereocenters. The average Bonchev–Trinajstić information content (AvgIpc) is 2.50. The van der Waals surface area contributed by atoms with E-state index in [-0.39, 0.29) is 11.7 Å². The van der Waals surface area contributed by atoms with Crippen LogP contribution in [0, 0.1) is 0 Å². The lowest BCUT2D eigenvalue weighted by atomic mass is 9.85. The van der Waals surface area contributed by atoms with Gasteiger partial charge in [0, 0.05) is 35.9 Å². The van der Waals surface area contributed by atoms with Crippen LogP contribution < -0.4 is 4.74 Å². The first-order valence-corrected chi connectivity index (χ1v) is 9.35. The summed E-state index contributed by atoms with van der Waals surface area (Å²) < 4.78 is 18.9. The van der Waals surface area contributed by atoms with Gasteiger partial charge in [0.05, 0.1) is 12.2 Å². The Labute approximate surface area is 142 Å². The van der Waals surface area contributed by atoms with Crippen molar-refractivity contribution in [3.8, 4) is 5.75 Å². The largest absolute Gasteiger partial charge is 0.490 e. The van der Waals surface area contributed by atoms with Crippen molar-refractivity contribution in [3.63, 3.8) is 0 Å². The Morgan fingerprint density at radius 1 is 1.24 bits per heavy atom. The quantitative estimate of drug-likeness (QED) is 0.677. The number of benzene rings is 1. The molecule has 1 aromatic carbocycles. The number of alkyl halides is 1. The summed E-state index contributed by atoms with van der Waals surface area (Å²) in [5.41, 5.74) is 1.19. The Hall–Kier alpha value is -0.100. The third-order valence-corrected chi connectivity index (χ3v) is 5.69. The fourth-order valence-corrected chi connectivity index (χ4v) is 4.32.